The molecule has 0 aliphatic heterocycles. The van der Waals surface area contributed by atoms with E-state index in [1.54, 1.807) is 0 Å². The van der Waals surface area contributed by atoms with Crippen LogP contribution in [-0.2, 0) is 0 Å². The van der Waals surface area contributed by atoms with Gasteiger partial charge in [-0.2, -0.15) is 0 Å². The second kappa shape index (κ2) is 14.3. The zero-order valence-electron chi connectivity index (χ0n) is 26.5. The second-order valence-electron chi connectivity index (χ2n) is 11.4. The number of rotatable bonds is 9. The summed E-state index contributed by atoms with van der Waals surface area (Å²) in [5.74, 6) is 0. The average molecular weight is 639 g/mol. The predicted molar refractivity (Wildman–Crippen MR) is 212 cm³/mol. The number of benzene rings is 7. The molecule has 0 aliphatic carbocycles. The summed E-state index contributed by atoms with van der Waals surface area (Å²) in [6.07, 6.45) is 6.47. The van der Waals surface area contributed by atoms with E-state index in [2.05, 4.69) is 196 Å². The first-order valence-electron chi connectivity index (χ1n) is 16.0. The van der Waals surface area contributed by atoms with E-state index in [0.29, 0.717) is 0 Å². The standard InChI is InChI=1S/C45H36P2/c1-3-19-40-34(4-2)30-32-42(46(36-21-9-5-10-22-36)37-23-11-6-12-24-37)44(40)45-41-29-18-17-20-35(41)31-33-43(45)47(38-25-13-7-14-26-38)39-27-15-8-16-28-39/h3-33H,2H2,1H3/b19-3-. The molecule has 0 nitrogen and oxygen atoms in total. The largest absolute Gasteiger partial charge is 0.0984 e. The Hall–Kier alpha value is -4.86. The van der Waals surface area contributed by atoms with Crippen LogP contribution in [-0.4, -0.2) is 0 Å². The van der Waals surface area contributed by atoms with Gasteiger partial charge in [-0.15, -0.1) is 0 Å². The van der Waals surface area contributed by atoms with Crippen LogP contribution in [0.15, 0.2) is 183 Å². The van der Waals surface area contributed by atoms with Gasteiger partial charge >= 0.3 is 0 Å². The second-order valence-corrected chi connectivity index (χ2v) is 15.7. The van der Waals surface area contributed by atoms with Crippen LogP contribution in [0, 0.1) is 0 Å². The highest BCUT2D eigenvalue weighted by Gasteiger charge is 2.28. The summed E-state index contributed by atoms with van der Waals surface area (Å²) in [6, 6.07) is 62.5. The van der Waals surface area contributed by atoms with Crippen molar-refractivity contribution in [1.29, 1.82) is 0 Å². The van der Waals surface area contributed by atoms with Gasteiger partial charge in [0.2, 0.25) is 0 Å². The van der Waals surface area contributed by atoms with Crippen molar-refractivity contribution in [3.63, 3.8) is 0 Å². The van der Waals surface area contributed by atoms with Gasteiger partial charge in [0, 0.05) is 0 Å². The monoisotopic (exact) mass is 638 g/mol. The Morgan fingerprint density at radius 3 is 1.34 bits per heavy atom. The molecule has 0 amide bonds. The first-order valence-corrected chi connectivity index (χ1v) is 18.7. The van der Waals surface area contributed by atoms with E-state index in [0.717, 1.165) is 5.56 Å². The minimum atomic E-state index is -0.891. The molecule has 7 rings (SSSR count). The molecule has 0 saturated heterocycles. The Kier molecular flexibility index (Phi) is 9.35. The molecule has 7 aromatic carbocycles. The van der Waals surface area contributed by atoms with Crippen molar-refractivity contribution in [2.75, 3.05) is 0 Å². The highest BCUT2D eigenvalue weighted by Crippen LogP contribution is 2.45. The summed E-state index contributed by atoms with van der Waals surface area (Å²) in [7, 11) is -1.77. The quantitative estimate of drug-likeness (QED) is 0.138. The lowest BCUT2D eigenvalue weighted by molar-refractivity contribution is 1.61. The molecule has 0 fully saturated rings. The summed E-state index contributed by atoms with van der Waals surface area (Å²) in [6.45, 7) is 6.41. The molecular weight excluding hydrogens is 602 g/mol. The third kappa shape index (κ3) is 6.16. The van der Waals surface area contributed by atoms with E-state index in [1.165, 1.54) is 59.3 Å². The highest BCUT2D eigenvalue weighted by atomic mass is 31.1. The Morgan fingerprint density at radius 1 is 0.447 bits per heavy atom. The van der Waals surface area contributed by atoms with E-state index in [4.69, 9.17) is 0 Å². The van der Waals surface area contributed by atoms with Crippen LogP contribution in [0.25, 0.3) is 34.1 Å². The van der Waals surface area contributed by atoms with Crippen molar-refractivity contribution >= 4 is 70.6 Å². The summed E-state index contributed by atoms with van der Waals surface area (Å²) < 4.78 is 0. The molecule has 0 unspecified atom stereocenters. The minimum absolute atomic E-state index is 0.882. The van der Waals surface area contributed by atoms with Crippen LogP contribution >= 0.6 is 15.8 Å². The number of hydrogen-bond acceptors (Lipinski definition) is 0. The van der Waals surface area contributed by atoms with Gasteiger partial charge in [0.1, 0.15) is 0 Å². The van der Waals surface area contributed by atoms with Crippen LogP contribution in [0.4, 0.5) is 0 Å². The first-order chi connectivity index (χ1) is 23.3. The fourth-order valence-corrected chi connectivity index (χ4v) is 11.4. The molecule has 0 spiro atoms. The molecule has 0 saturated carbocycles. The molecule has 226 valence electrons. The van der Waals surface area contributed by atoms with Crippen molar-refractivity contribution in [2.24, 2.45) is 0 Å². The summed E-state index contributed by atoms with van der Waals surface area (Å²) in [5, 5.41) is 10.6. The van der Waals surface area contributed by atoms with E-state index in [9.17, 15) is 0 Å². The maximum Gasteiger partial charge on any atom is -0.000884 e. The predicted octanol–water partition coefficient (Wildman–Crippen LogP) is 9.70. The van der Waals surface area contributed by atoms with Crippen molar-refractivity contribution in [3.8, 4) is 11.1 Å². The SMILES string of the molecule is C=Cc1ccc(P(c2ccccc2)c2ccccc2)c(-c2c(P(c3ccccc3)c3ccccc3)ccc3ccccc23)c1/C=C\C. The van der Waals surface area contributed by atoms with E-state index in [-0.39, 0.29) is 0 Å². The van der Waals surface area contributed by atoms with Gasteiger partial charge < -0.3 is 0 Å². The minimum Gasteiger partial charge on any atom is -0.0984 e. The van der Waals surface area contributed by atoms with Crippen molar-refractivity contribution in [3.05, 3.63) is 194 Å². The molecule has 0 aliphatic rings. The van der Waals surface area contributed by atoms with E-state index in [1.807, 2.05) is 6.08 Å². The Morgan fingerprint density at radius 2 is 0.872 bits per heavy atom. The molecule has 0 atom stereocenters. The molecule has 7 aromatic rings. The third-order valence-corrected chi connectivity index (χ3v) is 13.5. The van der Waals surface area contributed by atoms with Crippen molar-refractivity contribution in [1.82, 2.24) is 0 Å². The molecule has 0 aromatic heterocycles. The van der Waals surface area contributed by atoms with Gasteiger partial charge in [-0.05, 0) is 87.6 Å². The topological polar surface area (TPSA) is 0 Å². The van der Waals surface area contributed by atoms with Crippen LogP contribution in [0.1, 0.15) is 18.1 Å². The third-order valence-electron chi connectivity index (χ3n) is 8.51. The number of fused-ring (bicyclic) bond motifs is 1. The summed E-state index contributed by atoms with van der Waals surface area (Å²) >= 11 is 0. The van der Waals surface area contributed by atoms with Crippen LogP contribution in [0.2, 0.25) is 0 Å². The van der Waals surface area contributed by atoms with Gasteiger partial charge in [-0.25, -0.2) is 0 Å². The zero-order chi connectivity index (χ0) is 32.0. The molecule has 0 heterocycles. The van der Waals surface area contributed by atoms with Gasteiger partial charge in [0.25, 0.3) is 0 Å². The Bertz CT molecular complexity index is 2070. The Labute approximate surface area is 281 Å². The molecule has 0 bridgehead atoms. The van der Waals surface area contributed by atoms with Crippen LogP contribution in [0.3, 0.4) is 0 Å². The molecule has 0 radical (unpaired) electrons. The maximum absolute atomic E-state index is 4.29. The zero-order valence-corrected chi connectivity index (χ0v) is 28.3. The fourth-order valence-electron chi connectivity index (χ4n) is 6.47. The smallest absolute Gasteiger partial charge is 0.000884 e. The lowest BCUT2D eigenvalue weighted by atomic mass is 9.91. The van der Waals surface area contributed by atoms with Crippen LogP contribution in [0.5, 0.6) is 0 Å². The lowest BCUT2D eigenvalue weighted by Gasteiger charge is -2.29. The van der Waals surface area contributed by atoms with Crippen LogP contribution < -0.4 is 31.8 Å². The first kappa shape index (κ1) is 30.8. The summed E-state index contributed by atoms with van der Waals surface area (Å²) in [5.41, 5.74) is 4.96. The van der Waals surface area contributed by atoms with Crippen molar-refractivity contribution < 1.29 is 0 Å². The normalized spacial score (nSPS) is 11.5. The van der Waals surface area contributed by atoms with Gasteiger partial charge in [0.05, 0.1) is 0 Å². The number of allylic oxidation sites excluding steroid dienone is 1. The number of hydrogen-bond donors (Lipinski definition) is 0. The molecule has 0 N–H and O–H groups in total. The van der Waals surface area contributed by atoms with E-state index >= 15 is 0 Å². The van der Waals surface area contributed by atoms with Gasteiger partial charge in [-0.1, -0.05) is 195 Å². The van der Waals surface area contributed by atoms with Gasteiger partial charge in [-0.3, -0.25) is 0 Å². The lowest BCUT2D eigenvalue weighted by Crippen LogP contribution is -2.26. The van der Waals surface area contributed by atoms with Crippen molar-refractivity contribution in [2.45, 2.75) is 6.92 Å². The highest BCUT2D eigenvalue weighted by molar-refractivity contribution is 7.80. The van der Waals surface area contributed by atoms with Gasteiger partial charge in [0.15, 0.2) is 0 Å². The fraction of sp³-hybridized carbons (Fsp3) is 0.0222. The Balaban J connectivity index is 1.66. The molecular formula is C45H36P2. The maximum atomic E-state index is 4.29. The average Bonchev–Trinajstić information content (AvgIpc) is 3.14. The molecule has 47 heavy (non-hydrogen) atoms. The van der Waals surface area contributed by atoms with E-state index < -0.39 is 15.8 Å². The molecule has 2 heteroatoms. The summed E-state index contributed by atoms with van der Waals surface area (Å²) in [4.78, 5) is 0.